The summed E-state index contributed by atoms with van der Waals surface area (Å²) in [5, 5.41) is 5.73. The van der Waals surface area contributed by atoms with Crippen molar-refractivity contribution in [3.05, 3.63) is 45.0 Å². The van der Waals surface area contributed by atoms with Crippen molar-refractivity contribution in [2.24, 2.45) is 0 Å². The van der Waals surface area contributed by atoms with Crippen LogP contribution in [0.2, 0.25) is 0 Å². The summed E-state index contributed by atoms with van der Waals surface area (Å²) in [6.45, 7) is 7.15. The van der Waals surface area contributed by atoms with Gasteiger partial charge in [-0.1, -0.05) is 12.1 Å². The van der Waals surface area contributed by atoms with E-state index in [9.17, 15) is 19.2 Å². The van der Waals surface area contributed by atoms with Gasteiger partial charge < -0.3 is 10.2 Å². The van der Waals surface area contributed by atoms with E-state index >= 15 is 0 Å². The molecule has 0 spiro atoms. The van der Waals surface area contributed by atoms with Crippen LogP contribution in [-0.2, 0) is 16.1 Å². The Kier molecular flexibility index (Phi) is 5.64. The third-order valence-corrected chi connectivity index (χ3v) is 3.76. The third kappa shape index (κ3) is 4.59. The van der Waals surface area contributed by atoms with E-state index in [1.54, 1.807) is 31.2 Å². The van der Waals surface area contributed by atoms with Gasteiger partial charge >= 0.3 is 0 Å². The standard InChI is InChI=1S/C18H24N4O4/c1-5-21(10-14(23)19-18(2,3)4)15(24)11-22-17(26)13-9-7-6-8-12(13)16(25)20-22/h6-9H,5,10-11H2,1-4H3,(H,19,23)(H,20,25). The Balaban J connectivity index is 2.21. The second-order valence-electron chi connectivity index (χ2n) is 7.08. The number of hydrogen-bond donors (Lipinski definition) is 2. The fraction of sp³-hybridized carbons (Fsp3) is 0.444. The summed E-state index contributed by atoms with van der Waals surface area (Å²) >= 11 is 0. The minimum absolute atomic E-state index is 0.112. The van der Waals surface area contributed by atoms with E-state index < -0.39 is 22.6 Å². The monoisotopic (exact) mass is 360 g/mol. The second-order valence-corrected chi connectivity index (χ2v) is 7.08. The molecule has 8 nitrogen and oxygen atoms in total. The second kappa shape index (κ2) is 7.55. The maximum absolute atomic E-state index is 12.5. The fourth-order valence-corrected chi connectivity index (χ4v) is 2.60. The third-order valence-electron chi connectivity index (χ3n) is 3.76. The SMILES string of the molecule is CCN(CC(=O)NC(C)(C)C)C(=O)Cn1[nH]c(=O)c2ccccc2c1=O. The molecular weight excluding hydrogens is 336 g/mol. The van der Waals surface area contributed by atoms with E-state index in [0.717, 1.165) is 4.68 Å². The Bertz CT molecular complexity index is 937. The van der Waals surface area contributed by atoms with Crippen LogP contribution in [0.4, 0.5) is 0 Å². The van der Waals surface area contributed by atoms with E-state index in [4.69, 9.17) is 0 Å². The van der Waals surface area contributed by atoms with Crippen LogP contribution in [0.5, 0.6) is 0 Å². The number of benzene rings is 1. The van der Waals surface area contributed by atoms with E-state index in [1.807, 2.05) is 20.8 Å². The number of carbonyl (C=O) groups excluding carboxylic acids is 2. The van der Waals surface area contributed by atoms with Gasteiger partial charge in [0.25, 0.3) is 11.1 Å². The summed E-state index contributed by atoms with van der Waals surface area (Å²) in [5.41, 5.74) is -1.30. The van der Waals surface area contributed by atoms with Crippen LogP contribution >= 0.6 is 0 Å². The van der Waals surface area contributed by atoms with Crippen LogP contribution in [-0.4, -0.2) is 45.1 Å². The molecule has 2 rings (SSSR count). The van der Waals surface area contributed by atoms with Gasteiger partial charge in [0, 0.05) is 12.1 Å². The lowest BCUT2D eigenvalue weighted by atomic mass is 10.1. The largest absolute Gasteiger partial charge is 0.350 e. The molecule has 0 saturated heterocycles. The van der Waals surface area contributed by atoms with Crippen LogP contribution < -0.4 is 16.4 Å². The molecule has 140 valence electrons. The van der Waals surface area contributed by atoms with Gasteiger partial charge in [-0.15, -0.1) is 0 Å². The number of H-pyrrole nitrogens is 1. The van der Waals surface area contributed by atoms with Gasteiger partial charge in [-0.3, -0.25) is 24.3 Å². The van der Waals surface area contributed by atoms with Crippen LogP contribution in [0, 0.1) is 0 Å². The summed E-state index contributed by atoms with van der Waals surface area (Å²) in [7, 11) is 0. The zero-order chi connectivity index (χ0) is 19.5. The molecule has 0 aliphatic heterocycles. The van der Waals surface area contributed by atoms with E-state index in [2.05, 4.69) is 10.4 Å². The minimum atomic E-state index is -0.455. The summed E-state index contributed by atoms with van der Waals surface area (Å²) < 4.78 is 0.983. The van der Waals surface area contributed by atoms with Crippen LogP contribution in [0.3, 0.4) is 0 Å². The first-order valence-electron chi connectivity index (χ1n) is 8.43. The summed E-state index contributed by atoms with van der Waals surface area (Å²) in [4.78, 5) is 50.5. The van der Waals surface area contributed by atoms with Crippen molar-refractivity contribution in [2.75, 3.05) is 13.1 Å². The molecule has 0 unspecified atom stereocenters. The molecule has 8 heteroatoms. The average molecular weight is 360 g/mol. The molecule has 1 aromatic carbocycles. The minimum Gasteiger partial charge on any atom is -0.350 e. The molecule has 2 aromatic rings. The highest BCUT2D eigenvalue weighted by Gasteiger charge is 2.20. The van der Waals surface area contributed by atoms with Gasteiger partial charge in [0.15, 0.2) is 0 Å². The Labute approximate surface area is 150 Å². The number of nitrogens with one attached hydrogen (secondary N) is 2. The zero-order valence-corrected chi connectivity index (χ0v) is 15.5. The van der Waals surface area contributed by atoms with E-state index in [-0.39, 0.29) is 29.8 Å². The number of fused-ring (bicyclic) bond motifs is 1. The number of rotatable bonds is 5. The van der Waals surface area contributed by atoms with Gasteiger partial charge in [0.1, 0.15) is 6.54 Å². The smallest absolute Gasteiger partial charge is 0.273 e. The number of nitrogens with zero attached hydrogens (tertiary/aromatic N) is 2. The molecular formula is C18H24N4O4. The number of amides is 2. The first-order valence-corrected chi connectivity index (χ1v) is 8.43. The van der Waals surface area contributed by atoms with E-state index in [1.165, 1.54) is 4.90 Å². The summed E-state index contributed by atoms with van der Waals surface area (Å²) in [5.74, 6) is -0.711. The molecule has 26 heavy (non-hydrogen) atoms. The molecule has 2 N–H and O–H groups in total. The highest BCUT2D eigenvalue weighted by Crippen LogP contribution is 2.03. The normalized spacial score (nSPS) is 11.4. The van der Waals surface area contributed by atoms with Crippen molar-refractivity contribution in [2.45, 2.75) is 39.8 Å². The molecule has 1 aromatic heterocycles. The lowest BCUT2D eigenvalue weighted by Crippen LogP contribution is -2.48. The van der Waals surface area contributed by atoms with Crippen molar-refractivity contribution in [3.63, 3.8) is 0 Å². The molecule has 0 saturated carbocycles. The molecule has 0 fully saturated rings. The Morgan fingerprint density at radius 2 is 1.77 bits per heavy atom. The van der Waals surface area contributed by atoms with Gasteiger partial charge in [0.05, 0.1) is 17.3 Å². The molecule has 0 atom stereocenters. The topological polar surface area (TPSA) is 104 Å². The first-order chi connectivity index (χ1) is 12.1. The molecule has 0 bridgehead atoms. The average Bonchev–Trinajstić information content (AvgIpc) is 2.55. The van der Waals surface area contributed by atoms with Crippen molar-refractivity contribution < 1.29 is 9.59 Å². The number of aromatic amines is 1. The maximum Gasteiger partial charge on any atom is 0.273 e. The van der Waals surface area contributed by atoms with Crippen LogP contribution in [0.15, 0.2) is 33.9 Å². The van der Waals surface area contributed by atoms with Gasteiger partial charge in [0.2, 0.25) is 11.8 Å². The lowest BCUT2D eigenvalue weighted by Gasteiger charge is -2.25. The highest BCUT2D eigenvalue weighted by molar-refractivity contribution is 5.85. The Morgan fingerprint density at radius 1 is 1.15 bits per heavy atom. The first kappa shape index (κ1) is 19.4. The van der Waals surface area contributed by atoms with Gasteiger partial charge in [-0.25, -0.2) is 4.68 Å². The zero-order valence-electron chi connectivity index (χ0n) is 15.5. The quantitative estimate of drug-likeness (QED) is 0.808. The number of aromatic nitrogens is 2. The molecule has 2 amide bonds. The van der Waals surface area contributed by atoms with Crippen molar-refractivity contribution in [1.29, 1.82) is 0 Å². The predicted molar refractivity (Wildman–Crippen MR) is 99.0 cm³/mol. The van der Waals surface area contributed by atoms with Crippen molar-refractivity contribution in [1.82, 2.24) is 20.0 Å². The highest BCUT2D eigenvalue weighted by atomic mass is 16.2. The number of hydrogen-bond acceptors (Lipinski definition) is 4. The molecule has 0 aliphatic rings. The fourth-order valence-electron chi connectivity index (χ4n) is 2.60. The van der Waals surface area contributed by atoms with Crippen molar-refractivity contribution in [3.8, 4) is 0 Å². The molecule has 0 aliphatic carbocycles. The van der Waals surface area contributed by atoms with Crippen LogP contribution in [0.25, 0.3) is 10.8 Å². The van der Waals surface area contributed by atoms with Gasteiger partial charge in [-0.2, -0.15) is 0 Å². The number of carbonyl (C=O) groups is 2. The lowest BCUT2D eigenvalue weighted by molar-refractivity contribution is -0.137. The predicted octanol–water partition coefficient (Wildman–Crippen LogP) is 0.453. The maximum atomic E-state index is 12.5. The molecule has 1 heterocycles. The van der Waals surface area contributed by atoms with Crippen molar-refractivity contribution >= 4 is 22.6 Å². The number of likely N-dealkylation sites (N-methyl/N-ethyl adjacent to an activating group) is 1. The Morgan fingerprint density at radius 3 is 2.35 bits per heavy atom. The van der Waals surface area contributed by atoms with E-state index in [0.29, 0.717) is 6.54 Å². The molecule has 0 radical (unpaired) electrons. The summed E-state index contributed by atoms with van der Waals surface area (Å²) in [6.07, 6.45) is 0. The summed E-state index contributed by atoms with van der Waals surface area (Å²) in [6, 6.07) is 6.42. The van der Waals surface area contributed by atoms with Gasteiger partial charge in [-0.05, 0) is 39.8 Å². The Hall–Kier alpha value is -2.90. The van der Waals surface area contributed by atoms with Crippen LogP contribution in [0.1, 0.15) is 27.7 Å².